The van der Waals surface area contributed by atoms with Crippen molar-refractivity contribution in [1.29, 1.82) is 0 Å². The third kappa shape index (κ3) is 4.84. The van der Waals surface area contributed by atoms with Gasteiger partial charge in [-0.1, -0.05) is 6.42 Å². The molecule has 0 bridgehead atoms. The lowest BCUT2D eigenvalue weighted by Gasteiger charge is -2.36. The summed E-state index contributed by atoms with van der Waals surface area (Å²) in [5.41, 5.74) is 0. The molecule has 0 aliphatic carbocycles. The van der Waals surface area contributed by atoms with Crippen LogP contribution in [0.25, 0.3) is 0 Å². The first-order valence-electron chi connectivity index (χ1n) is 9.53. The number of piperazine rings is 1. The lowest BCUT2D eigenvalue weighted by Crippen LogP contribution is -2.49. The Balaban J connectivity index is 1.34. The SMILES string of the molecule is CN1CCCC[C@H]1CCC(=O)N1CCN(CCn2cccc2)CC1. The third-order valence-electron chi connectivity index (χ3n) is 5.68. The fourth-order valence-corrected chi connectivity index (χ4v) is 3.95. The highest BCUT2D eigenvalue weighted by Gasteiger charge is 2.23. The largest absolute Gasteiger partial charge is 0.353 e. The zero-order chi connectivity index (χ0) is 16.8. The number of hydrogen-bond donors (Lipinski definition) is 0. The average Bonchev–Trinajstić information content (AvgIpc) is 3.13. The van der Waals surface area contributed by atoms with Crippen molar-refractivity contribution in [3.05, 3.63) is 24.5 Å². The van der Waals surface area contributed by atoms with E-state index in [1.54, 1.807) is 0 Å². The van der Waals surface area contributed by atoms with Gasteiger partial charge in [0.05, 0.1) is 0 Å². The van der Waals surface area contributed by atoms with Gasteiger partial charge in [-0.15, -0.1) is 0 Å². The maximum Gasteiger partial charge on any atom is 0.222 e. The monoisotopic (exact) mass is 332 g/mol. The van der Waals surface area contributed by atoms with Gasteiger partial charge in [0, 0.05) is 64.1 Å². The molecule has 2 aliphatic rings. The van der Waals surface area contributed by atoms with Gasteiger partial charge in [0.25, 0.3) is 0 Å². The fourth-order valence-electron chi connectivity index (χ4n) is 3.95. The van der Waals surface area contributed by atoms with E-state index in [-0.39, 0.29) is 0 Å². The zero-order valence-electron chi connectivity index (χ0n) is 15.1. The lowest BCUT2D eigenvalue weighted by atomic mass is 9.98. The number of nitrogens with zero attached hydrogens (tertiary/aromatic N) is 4. The van der Waals surface area contributed by atoms with Crippen LogP contribution in [0.5, 0.6) is 0 Å². The molecule has 3 heterocycles. The van der Waals surface area contributed by atoms with E-state index >= 15 is 0 Å². The predicted molar refractivity (Wildman–Crippen MR) is 97.0 cm³/mol. The normalized spacial score (nSPS) is 23.5. The van der Waals surface area contributed by atoms with Crippen molar-refractivity contribution in [1.82, 2.24) is 19.3 Å². The topological polar surface area (TPSA) is 31.7 Å². The minimum absolute atomic E-state index is 0.360. The molecule has 2 aliphatic heterocycles. The molecule has 0 saturated carbocycles. The molecule has 3 rings (SSSR count). The molecule has 24 heavy (non-hydrogen) atoms. The van der Waals surface area contributed by atoms with Crippen LogP contribution >= 0.6 is 0 Å². The highest BCUT2D eigenvalue weighted by molar-refractivity contribution is 5.76. The molecule has 0 spiro atoms. The van der Waals surface area contributed by atoms with Gasteiger partial charge in [-0.05, 0) is 45.0 Å². The Morgan fingerprint density at radius 2 is 1.75 bits per heavy atom. The summed E-state index contributed by atoms with van der Waals surface area (Å²) in [6.45, 7) is 7.11. The van der Waals surface area contributed by atoms with Crippen molar-refractivity contribution in [3.8, 4) is 0 Å². The van der Waals surface area contributed by atoms with Crippen LogP contribution in [-0.2, 0) is 11.3 Å². The highest BCUT2D eigenvalue weighted by atomic mass is 16.2. The van der Waals surface area contributed by atoms with E-state index in [1.807, 2.05) is 0 Å². The zero-order valence-corrected chi connectivity index (χ0v) is 15.1. The highest BCUT2D eigenvalue weighted by Crippen LogP contribution is 2.19. The van der Waals surface area contributed by atoms with E-state index in [2.05, 4.69) is 50.8 Å². The number of likely N-dealkylation sites (tertiary alicyclic amines) is 1. The molecule has 5 heteroatoms. The molecule has 1 aromatic heterocycles. The second-order valence-corrected chi connectivity index (χ2v) is 7.31. The Bertz CT molecular complexity index is 493. The van der Waals surface area contributed by atoms with Gasteiger partial charge in [0.1, 0.15) is 0 Å². The van der Waals surface area contributed by atoms with E-state index in [1.165, 1.54) is 25.8 Å². The van der Waals surface area contributed by atoms with Gasteiger partial charge in [-0.3, -0.25) is 9.69 Å². The minimum atomic E-state index is 0.360. The maximum absolute atomic E-state index is 12.5. The summed E-state index contributed by atoms with van der Waals surface area (Å²) in [7, 11) is 2.21. The third-order valence-corrected chi connectivity index (χ3v) is 5.68. The number of hydrogen-bond acceptors (Lipinski definition) is 3. The van der Waals surface area contributed by atoms with Crippen LogP contribution in [0.3, 0.4) is 0 Å². The summed E-state index contributed by atoms with van der Waals surface area (Å²) < 4.78 is 2.22. The molecule has 2 saturated heterocycles. The molecule has 0 unspecified atom stereocenters. The Labute approximate surface area is 146 Å². The van der Waals surface area contributed by atoms with Crippen LogP contribution < -0.4 is 0 Å². The summed E-state index contributed by atoms with van der Waals surface area (Å²) >= 11 is 0. The van der Waals surface area contributed by atoms with Gasteiger partial charge in [-0.25, -0.2) is 0 Å². The van der Waals surface area contributed by atoms with E-state index in [0.29, 0.717) is 11.9 Å². The molecule has 0 aromatic carbocycles. The van der Waals surface area contributed by atoms with Gasteiger partial charge < -0.3 is 14.4 Å². The van der Waals surface area contributed by atoms with Crippen molar-refractivity contribution in [2.24, 2.45) is 0 Å². The van der Waals surface area contributed by atoms with Crippen LogP contribution in [0, 0.1) is 0 Å². The van der Waals surface area contributed by atoms with Crippen LogP contribution in [0.2, 0.25) is 0 Å². The van der Waals surface area contributed by atoms with Crippen molar-refractivity contribution < 1.29 is 4.79 Å². The van der Waals surface area contributed by atoms with Gasteiger partial charge in [0.2, 0.25) is 5.91 Å². The van der Waals surface area contributed by atoms with Gasteiger partial charge in [0.15, 0.2) is 0 Å². The first-order valence-corrected chi connectivity index (χ1v) is 9.53. The maximum atomic E-state index is 12.5. The number of aromatic nitrogens is 1. The molecule has 5 nitrogen and oxygen atoms in total. The summed E-state index contributed by atoms with van der Waals surface area (Å²) in [5.74, 6) is 0.360. The summed E-state index contributed by atoms with van der Waals surface area (Å²) in [6.07, 6.45) is 9.87. The molecule has 1 amide bonds. The molecule has 1 aromatic rings. The van der Waals surface area contributed by atoms with Crippen molar-refractivity contribution in [3.63, 3.8) is 0 Å². The minimum Gasteiger partial charge on any atom is -0.353 e. The molecule has 2 fully saturated rings. The van der Waals surface area contributed by atoms with E-state index < -0.39 is 0 Å². The Morgan fingerprint density at radius 1 is 1.00 bits per heavy atom. The molecular weight excluding hydrogens is 300 g/mol. The number of amides is 1. The van der Waals surface area contributed by atoms with Gasteiger partial charge in [-0.2, -0.15) is 0 Å². The van der Waals surface area contributed by atoms with Crippen LogP contribution in [-0.4, -0.2) is 77.5 Å². The Morgan fingerprint density at radius 3 is 2.46 bits per heavy atom. The Hall–Kier alpha value is -1.33. The van der Waals surface area contributed by atoms with Crippen molar-refractivity contribution in [2.75, 3.05) is 46.3 Å². The van der Waals surface area contributed by atoms with E-state index in [0.717, 1.165) is 52.1 Å². The quantitative estimate of drug-likeness (QED) is 0.797. The van der Waals surface area contributed by atoms with Crippen LogP contribution in [0.4, 0.5) is 0 Å². The molecule has 134 valence electrons. The van der Waals surface area contributed by atoms with Crippen molar-refractivity contribution >= 4 is 5.91 Å². The smallest absolute Gasteiger partial charge is 0.222 e. The number of piperidine rings is 1. The lowest BCUT2D eigenvalue weighted by molar-refractivity contribution is -0.133. The summed E-state index contributed by atoms with van der Waals surface area (Å²) in [5, 5.41) is 0. The van der Waals surface area contributed by atoms with Crippen molar-refractivity contribution in [2.45, 2.75) is 44.7 Å². The summed E-state index contributed by atoms with van der Waals surface area (Å²) in [4.78, 5) is 19.5. The number of rotatable bonds is 6. The number of carbonyl (C=O) groups excluding carboxylic acids is 1. The predicted octanol–water partition coefficient (Wildman–Crippen LogP) is 1.90. The molecule has 0 N–H and O–H groups in total. The van der Waals surface area contributed by atoms with E-state index in [9.17, 15) is 4.79 Å². The molecule has 0 radical (unpaired) electrons. The Kier molecular flexibility index (Phi) is 6.32. The summed E-state index contributed by atoms with van der Waals surface area (Å²) in [6, 6.07) is 4.76. The molecule has 1 atom stereocenters. The standard InChI is InChI=1S/C19H32N4O/c1-20-9-3-2-6-18(20)7-8-19(24)23-16-14-22(15-17-23)13-12-21-10-4-5-11-21/h4-5,10-11,18H,2-3,6-9,12-17H2,1H3/t18-/m0/s1. The van der Waals surface area contributed by atoms with Crippen LogP contribution in [0.1, 0.15) is 32.1 Å². The second kappa shape index (κ2) is 8.67. The molecular formula is C19H32N4O. The fraction of sp³-hybridized carbons (Fsp3) is 0.737. The number of carbonyl (C=O) groups is 1. The average molecular weight is 332 g/mol. The van der Waals surface area contributed by atoms with Gasteiger partial charge >= 0.3 is 0 Å². The van der Waals surface area contributed by atoms with Crippen LogP contribution in [0.15, 0.2) is 24.5 Å². The second-order valence-electron chi connectivity index (χ2n) is 7.31. The first-order chi connectivity index (χ1) is 11.7. The van der Waals surface area contributed by atoms with E-state index in [4.69, 9.17) is 0 Å². The first kappa shape index (κ1) is 17.5.